The van der Waals surface area contributed by atoms with Crippen molar-refractivity contribution in [2.75, 3.05) is 27.9 Å². The SMILES string of the molecule is CC[C@@H]1/C=C(\C)C[C@H](C)C[C@H](OC)[C@H]2O[C@@](O)(C(=O)C(=O)N3CCCC[C@H]3C(=O)O[C@H](/C(C)=C/[C@@H]3CC[C@@H](O[Si](C)(C)C(C)(C)C)[C@H](OC)C3)[C@H](C)CC(C(C)O)C1=O)[C@H](C)C[C@@H]2OC. The highest BCUT2D eigenvalue weighted by Gasteiger charge is 2.57. The molecule has 4 rings (SSSR count). The number of rotatable bonds is 9. The molecule has 2 unspecified atom stereocenters. The van der Waals surface area contributed by atoms with Crippen LogP contribution in [0.5, 0.6) is 0 Å². The molecule has 0 aromatic rings. The summed E-state index contributed by atoms with van der Waals surface area (Å²) in [6, 6.07) is -1.10. The molecule has 0 spiro atoms. The number of Topliss-reactive ketones (excluding diaryl/α,β-unsaturated/α-hetero) is 2. The van der Waals surface area contributed by atoms with Crippen molar-refractivity contribution in [3.05, 3.63) is 23.3 Å². The lowest BCUT2D eigenvalue weighted by Gasteiger charge is -2.47. The first-order valence-corrected chi connectivity index (χ1v) is 27.5. The Labute approximate surface area is 392 Å². The lowest BCUT2D eigenvalue weighted by atomic mass is 9.78. The molecule has 3 fully saturated rings. The minimum atomic E-state index is -2.49. The fourth-order valence-electron chi connectivity index (χ4n) is 10.7. The molecule has 1 amide bonds. The normalized spacial score (nSPS) is 38.5. The zero-order valence-corrected chi connectivity index (χ0v) is 43.6. The van der Waals surface area contributed by atoms with Crippen LogP contribution in [0.2, 0.25) is 18.1 Å². The molecule has 2 bridgehead atoms. The molecule has 2 N–H and O–H groups in total. The highest BCUT2D eigenvalue weighted by atomic mass is 28.4. The van der Waals surface area contributed by atoms with Gasteiger partial charge in [0.15, 0.2) is 8.32 Å². The van der Waals surface area contributed by atoms with Gasteiger partial charge < -0.3 is 43.2 Å². The first-order valence-electron chi connectivity index (χ1n) is 24.6. The van der Waals surface area contributed by atoms with Gasteiger partial charge >= 0.3 is 5.97 Å². The Morgan fingerprint density at radius 2 is 1.57 bits per heavy atom. The highest BCUT2D eigenvalue weighted by molar-refractivity contribution is 6.74. The lowest BCUT2D eigenvalue weighted by Crippen LogP contribution is -2.64. The second-order valence-electron chi connectivity index (χ2n) is 21.9. The van der Waals surface area contributed by atoms with Gasteiger partial charge in [-0.3, -0.25) is 14.4 Å². The number of aliphatic hydroxyl groups is 2. The molecule has 4 aliphatic rings. The highest BCUT2D eigenvalue weighted by Crippen LogP contribution is 2.42. The van der Waals surface area contributed by atoms with Crippen LogP contribution in [0, 0.1) is 35.5 Å². The molecule has 65 heavy (non-hydrogen) atoms. The van der Waals surface area contributed by atoms with Crippen LogP contribution in [-0.4, -0.2) is 129 Å². The van der Waals surface area contributed by atoms with Crippen LogP contribution >= 0.6 is 0 Å². The maximum absolute atomic E-state index is 14.7. The molecule has 15 atom stereocenters. The standard InChI is InChI=1S/C51H87NO12Si/c1-16-37-24-30(2)23-31(3)25-42(60-12)46-43(61-13)28-34(6)51(58,63-46)47(55)48(56)52-22-18-17-19-39(52)49(57)62-45(33(5)27-38(35(7)53)44(37)54)32(4)26-36-20-21-40(41(29-36)59-11)64-65(14,15)50(8,9)10/h24,26,31,33-43,45-46,53,58H,16-23,25,27-29H2,1-15H3/b30-24+,32-26+/t31-,33+,34+,35?,36-,37+,38?,39-,40+,41+,42-,43-,45+,46+,51+/m0/s1. The molecule has 0 aromatic carbocycles. The molecule has 2 saturated heterocycles. The lowest BCUT2D eigenvalue weighted by molar-refractivity contribution is -0.302. The predicted molar refractivity (Wildman–Crippen MR) is 253 cm³/mol. The van der Waals surface area contributed by atoms with Gasteiger partial charge in [-0.2, -0.15) is 0 Å². The van der Waals surface area contributed by atoms with Gasteiger partial charge in [-0.25, -0.2) is 4.79 Å². The number of carbonyl (C=O) groups excluding carboxylic acids is 4. The number of carbonyl (C=O) groups is 4. The van der Waals surface area contributed by atoms with Crippen molar-refractivity contribution in [2.45, 2.75) is 213 Å². The van der Waals surface area contributed by atoms with Gasteiger partial charge in [0.05, 0.1) is 30.5 Å². The molecule has 372 valence electrons. The largest absolute Gasteiger partial charge is 0.456 e. The van der Waals surface area contributed by atoms with Crippen molar-refractivity contribution in [2.24, 2.45) is 35.5 Å². The third-order valence-corrected chi connectivity index (χ3v) is 20.2. The van der Waals surface area contributed by atoms with Crippen LogP contribution in [0.1, 0.15) is 140 Å². The van der Waals surface area contributed by atoms with E-state index in [1.807, 2.05) is 33.8 Å². The number of piperidine rings is 1. The number of hydrogen-bond donors (Lipinski definition) is 2. The van der Waals surface area contributed by atoms with Crippen molar-refractivity contribution in [1.82, 2.24) is 4.90 Å². The Bertz CT molecular complexity index is 1690. The predicted octanol–water partition coefficient (Wildman–Crippen LogP) is 8.14. The summed E-state index contributed by atoms with van der Waals surface area (Å²) in [6.45, 7) is 24.6. The third-order valence-electron chi connectivity index (χ3n) is 15.7. The minimum absolute atomic E-state index is 0.0307. The van der Waals surface area contributed by atoms with Gasteiger partial charge in [0, 0.05) is 45.6 Å². The Hall–Kier alpha value is -2.30. The summed E-state index contributed by atoms with van der Waals surface area (Å²) in [4.78, 5) is 59.3. The molecule has 0 radical (unpaired) electrons. The molecule has 1 aliphatic carbocycles. The topological polar surface area (TPSA) is 167 Å². The summed E-state index contributed by atoms with van der Waals surface area (Å²) in [5, 5.41) is 23.5. The van der Waals surface area contributed by atoms with Crippen LogP contribution < -0.4 is 0 Å². The summed E-state index contributed by atoms with van der Waals surface area (Å²) in [5.41, 5.74) is 1.81. The summed E-state index contributed by atoms with van der Waals surface area (Å²) in [5.74, 6) is -7.66. The van der Waals surface area contributed by atoms with E-state index in [-0.39, 0.29) is 60.7 Å². The number of esters is 1. The fourth-order valence-corrected chi connectivity index (χ4v) is 12.1. The number of fused-ring (bicyclic) bond motifs is 3. The van der Waals surface area contributed by atoms with E-state index >= 15 is 0 Å². The van der Waals surface area contributed by atoms with E-state index in [9.17, 15) is 29.4 Å². The zero-order chi connectivity index (χ0) is 48.8. The quantitative estimate of drug-likeness (QED) is 0.0988. The molecular formula is C51H87NO12Si. The second kappa shape index (κ2) is 23.3. The number of cyclic esters (lactones) is 1. The van der Waals surface area contributed by atoms with Gasteiger partial charge in [-0.05, 0) is 133 Å². The van der Waals surface area contributed by atoms with E-state index in [1.165, 1.54) is 4.90 Å². The van der Waals surface area contributed by atoms with E-state index in [0.717, 1.165) is 24.0 Å². The molecule has 13 nitrogen and oxygen atoms in total. The number of nitrogens with zero attached hydrogens (tertiary/aromatic N) is 1. The van der Waals surface area contributed by atoms with Crippen molar-refractivity contribution >= 4 is 31.8 Å². The summed E-state index contributed by atoms with van der Waals surface area (Å²) >= 11 is 0. The molecule has 3 aliphatic heterocycles. The van der Waals surface area contributed by atoms with Crippen molar-refractivity contribution in [3.8, 4) is 0 Å². The third kappa shape index (κ3) is 13.3. The Morgan fingerprint density at radius 1 is 0.938 bits per heavy atom. The Kier molecular flexibility index (Phi) is 19.8. The zero-order valence-electron chi connectivity index (χ0n) is 42.6. The van der Waals surface area contributed by atoms with Gasteiger partial charge in [0.2, 0.25) is 5.79 Å². The van der Waals surface area contributed by atoms with Crippen LogP contribution in [0.15, 0.2) is 23.3 Å². The maximum Gasteiger partial charge on any atom is 0.329 e. The number of methoxy groups -OCH3 is 3. The first-order chi connectivity index (χ1) is 30.3. The van der Waals surface area contributed by atoms with Crippen LogP contribution in [0.3, 0.4) is 0 Å². The molecule has 14 heteroatoms. The van der Waals surface area contributed by atoms with Gasteiger partial charge in [-0.1, -0.05) is 66.2 Å². The molecule has 1 saturated carbocycles. The maximum atomic E-state index is 14.7. The van der Waals surface area contributed by atoms with Crippen molar-refractivity contribution in [1.29, 1.82) is 0 Å². The number of allylic oxidation sites excluding steroid dienone is 3. The summed E-state index contributed by atoms with van der Waals surface area (Å²) in [7, 11) is 2.76. The van der Waals surface area contributed by atoms with Crippen molar-refractivity contribution in [3.63, 3.8) is 0 Å². The smallest absolute Gasteiger partial charge is 0.329 e. The van der Waals surface area contributed by atoms with E-state index in [2.05, 4.69) is 46.9 Å². The molecule has 3 heterocycles. The van der Waals surface area contributed by atoms with Crippen LogP contribution in [-0.2, 0) is 47.3 Å². The average Bonchev–Trinajstić information content (AvgIpc) is 3.25. The van der Waals surface area contributed by atoms with E-state index in [1.54, 1.807) is 35.2 Å². The number of hydrogen-bond acceptors (Lipinski definition) is 12. The van der Waals surface area contributed by atoms with E-state index in [4.69, 9.17) is 28.1 Å². The van der Waals surface area contributed by atoms with Gasteiger partial charge in [0.1, 0.15) is 24.0 Å². The fraction of sp³-hybridized carbons (Fsp3) is 0.843. The first kappa shape index (κ1) is 55.3. The van der Waals surface area contributed by atoms with Crippen LogP contribution in [0.4, 0.5) is 0 Å². The van der Waals surface area contributed by atoms with Gasteiger partial charge in [-0.15, -0.1) is 0 Å². The monoisotopic (exact) mass is 934 g/mol. The van der Waals surface area contributed by atoms with Gasteiger partial charge in [0.25, 0.3) is 11.7 Å². The molecule has 0 aromatic heterocycles. The second-order valence-corrected chi connectivity index (χ2v) is 26.6. The number of ketones is 2. The van der Waals surface area contributed by atoms with Crippen molar-refractivity contribution < 1.29 is 57.5 Å². The Balaban J connectivity index is 1.78. The van der Waals surface area contributed by atoms with E-state index < -0.39 is 92.0 Å². The number of amides is 1. The molecular weight excluding hydrogens is 847 g/mol. The summed E-state index contributed by atoms with van der Waals surface area (Å²) in [6.07, 6.45) is 6.13. The Morgan fingerprint density at radius 3 is 2.15 bits per heavy atom. The minimum Gasteiger partial charge on any atom is -0.456 e. The number of ether oxygens (including phenoxy) is 5. The number of aliphatic hydroxyl groups excluding tert-OH is 1. The summed E-state index contributed by atoms with van der Waals surface area (Å²) < 4.78 is 37.6. The van der Waals surface area contributed by atoms with E-state index in [0.29, 0.717) is 38.5 Å². The average molecular weight is 934 g/mol. The van der Waals surface area contributed by atoms with Crippen LogP contribution in [0.25, 0.3) is 0 Å².